The standard InChI is InChI=1S/C22H38O4/c1-3-5-15-21(19(23)24,17-11-7-8-12-17)22(20(25)26,16-6-4-2)18-13-9-10-14-18/h17-18H,3-16H2,1-2H3,(H,23,24)(H,25,26). The lowest BCUT2D eigenvalue weighted by Crippen LogP contribution is -2.59. The van der Waals surface area contributed by atoms with Crippen molar-refractivity contribution < 1.29 is 19.8 Å². The van der Waals surface area contributed by atoms with E-state index in [4.69, 9.17) is 0 Å². The average Bonchev–Trinajstić information content (AvgIpc) is 3.31. The van der Waals surface area contributed by atoms with Crippen LogP contribution in [0, 0.1) is 22.7 Å². The van der Waals surface area contributed by atoms with Gasteiger partial charge in [0.1, 0.15) is 0 Å². The summed E-state index contributed by atoms with van der Waals surface area (Å²) in [5.74, 6) is -1.63. The van der Waals surface area contributed by atoms with Gasteiger partial charge in [-0.3, -0.25) is 9.59 Å². The number of unbranched alkanes of at least 4 members (excludes halogenated alkanes) is 2. The van der Waals surface area contributed by atoms with E-state index in [1.807, 2.05) is 0 Å². The molecule has 150 valence electrons. The van der Waals surface area contributed by atoms with Gasteiger partial charge in [0, 0.05) is 0 Å². The van der Waals surface area contributed by atoms with Crippen LogP contribution in [0.1, 0.15) is 104 Å². The molecule has 4 heteroatoms. The van der Waals surface area contributed by atoms with Crippen LogP contribution in [0.15, 0.2) is 0 Å². The molecule has 2 N–H and O–H groups in total. The molecule has 0 bridgehead atoms. The summed E-state index contributed by atoms with van der Waals surface area (Å²) in [6.45, 7) is 4.15. The third kappa shape index (κ3) is 3.53. The van der Waals surface area contributed by atoms with Crippen molar-refractivity contribution in [3.8, 4) is 0 Å². The minimum Gasteiger partial charge on any atom is -0.481 e. The third-order valence-electron chi connectivity index (χ3n) is 7.51. The summed E-state index contributed by atoms with van der Waals surface area (Å²) in [7, 11) is 0. The molecule has 0 radical (unpaired) electrons. The molecule has 2 aliphatic rings. The zero-order chi connectivity index (χ0) is 19.2. The molecule has 0 saturated heterocycles. The number of hydrogen-bond donors (Lipinski definition) is 2. The molecule has 2 unspecified atom stereocenters. The molecule has 0 amide bonds. The highest BCUT2D eigenvalue weighted by Crippen LogP contribution is 2.62. The Labute approximate surface area is 158 Å². The van der Waals surface area contributed by atoms with Crippen LogP contribution in [-0.4, -0.2) is 22.2 Å². The van der Waals surface area contributed by atoms with Crippen molar-refractivity contribution in [1.29, 1.82) is 0 Å². The Morgan fingerprint density at radius 2 is 1.04 bits per heavy atom. The average molecular weight is 367 g/mol. The number of rotatable bonds is 11. The van der Waals surface area contributed by atoms with Gasteiger partial charge in [-0.15, -0.1) is 0 Å². The summed E-state index contributed by atoms with van der Waals surface area (Å²) in [5.41, 5.74) is -2.20. The fourth-order valence-corrected chi connectivity index (χ4v) is 6.28. The summed E-state index contributed by atoms with van der Waals surface area (Å²) < 4.78 is 0. The quantitative estimate of drug-likeness (QED) is 0.478. The van der Waals surface area contributed by atoms with Crippen molar-refractivity contribution in [3.05, 3.63) is 0 Å². The molecule has 2 saturated carbocycles. The second kappa shape index (κ2) is 9.23. The van der Waals surface area contributed by atoms with Crippen molar-refractivity contribution in [2.75, 3.05) is 0 Å². The SMILES string of the molecule is CCCCC(C(=O)O)(C1CCCC1)C(CCCC)(C(=O)O)C1CCCC1. The topological polar surface area (TPSA) is 74.6 Å². The summed E-state index contributed by atoms with van der Waals surface area (Å²) >= 11 is 0. The molecule has 0 heterocycles. The van der Waals surface area contributed by atoms with Gasteiger partial charge in [0.2, 0.25) is 0 Å². The van der Waals surface area contributed by atoms with Gasteiger partial charge in [-0.05, 0) is 50.4 Å². The molecule has 0 aromatic heterocycles. The van der Waals surface area contributed by atoms with Crippen molar-refractivity contribution in [2.24, 2.45) is 22.7 Å². The number of carboxylic acid groups (broad SMARTS) is 2. The predicted octanol–water partition coefficient (Wildman–Crippen LogP) is 5.89. The van der Waals surface area contributed by atoms with E-state index in [-0.39, 0.29) is 11.8 Å². The molecular formula is C22H38O4. The summed E-state index contributed by atoms with van der Waals surface area (Å²) in [4.78, 5) is 25.8. The highest BCUT2D eigenvalue weighted by Gasteiger charge is 2.66. The normalized spacial score (nSPS) is 23.6. The maximum Gasteiger partial charge on any atom is 0.311 e. The Morgan fingerprint density at radius 1 is 0.731 bits per heavy atom. The first-order valence-electron chi connectivity index (χ1n) is 10.9. The summed E-state index contributed by atoms with van der Waals surface area (Å²) in [6.07, 6.45) is 12.2. The van der Waals surface area contributed by atoms with Gasteiger partial charge in [0.25, 0.3) is 0 Å². The van der Waals surface area contributed by atoms with Crippen LogP contribution in [0.5, 0.6) is 0 Å². The number of carbonyl (C=O) groups is 2. The third-order valence-corrected chi connectivity index (χ3v) is 7.51. The highest BCUT2D eigenvalue weighted by molar-refractivity contribution is 5.87. The second-order valence-electron chi connectivity index (χ2n) is 8.72. The van der Waals surface area contributed by atoms with Gasteiger partial charge in [-0.2, -0.15) is 0 Å². The Morgan fingerprint density at radius 3 is 1.27 bits per heavy atom. The summed E-state index contributed by atoms with van der Waals surface area (Å²) in [6, 6.07) is 0. The molecule has 0 spiro atoms. The number of hydrogen-bond acceptors (Lipinski definition) is 2. The minimum absolute atomic E-state index is 0.0140. The molecule has 0 aromatic carbocycles. The van der Waals surface area contributed by atoms with Gasteiger partial charge in [0.15, 0.2) is 0 Å². The Kier molecular flexibility index (Phi) is 7.54. The lowest BCUT2D eigenvalue weighted by atomic mass is 9.48. The second-order valence-corrected chi connectivity index (χ2v) is 8.72. The lowest BCUT2D eigenvalue weighted by Gasteiger charge is -2.52. The van der Waals surface area contributed by atoms with Gasteiger partial charge in [-0.1, -0.05) is 65.2 Å². The molecule has 0 aromatic rings. The van der Waals surface area contributed by atoms with Gasteiger partial charge in [-0.25, -0.2) is 0 Å². The fourth-order valence-electron chi connectivity index (χ4n) is 6.28. The van der Waals surface area contributed by atoms with E-state index in [0.717, 1.165) is 77.0 Å². The van der Waals surface area contributed by atoms with Crippen molar-refractivity contribution in [2.45, 2.75) is 104 Å². The molecule has 2 atom stereocenters. The van der Waals surface area contributed by atoms with E-state index in [9.17, 15) is 19.8 Å². The Hall–Kier alpha value is -1.06. The molecular weight excluding hydrogens is 328 g/mol. The largest absolute Gasteiger partial charge is 0.481 e. The highest BCUT2D eigenvalue weighted by atomic mass is 16.4. The van der Waals surface area contributed by atoms with E-state index in [1.165, 1.54) is 0 Å². The first-order valence-corrected chi connectivity index (χ1v) is 10.9. The fraction of sp³-hybridized carbons (Fsp3) is 0.909. The Balaban J connectivity index is 2.64. The predicted molar refractivity (Wildman–Crippen MR) is 103 cm³/mol. The van der Waals surface area contributed by atoms with Crippen LogP contribution in [0.25, 0.3) is 0 Å². The molecule has 2 aliphatic carbocycles. The maximum absolute atomic E-state index is 12.9. The van der Waals surface area contributed by atoms with Crippen LogP contribution >= 0.6 is 0 Å². The molecule has 2 fully saturated rings. The first kappa shape index (κ1) is 21.2. The first-order chi connectivity index (χ1) is 12.5. The van der Waals surface area contributed by atoms with Crippen LogP contribution in [0.4, 0.5) is 0 Å². The molecule has 0 aliphatic heterocycles. The van der Waals surface area contributed by atoms with Crippen molar-refractivity contribution >= 4 is 11.9 Å². The minimum atomic E-state index is -1.10. The van der Waals surface area contributed by atoms with Crippen LogP contribution in [-0.2, 0) is 9.59 Å². The summed E-state index contributed by atoms with van der Waals surface area (Å²) in [5, 5.41) is 21.2. The van der Waals surface area contributed by atoms with E-state index in [1.54, 1.807) is 0 Å². The number of carboxylic acids is 2. The zero-order valence-corrected chi connectivity index (χ0v) is 16.8. The van der Waals surface area contributed by atoms with Gasteiger partial charge >= 0.3 is 11.9 Å². The smallest absolute Gasteiger partial charge is 0.311 e. The van der Waals surface area contributed by atoms with Crippen LogP contribution < -0.4 is 0 Å². The zero-order valence-electron chi connectivity index (χ0n) is 16.8. The van der Waals surface area contributed by atoms with Crippen molar-refractivity contribution in [1.82, 2.24) is 0 Å². The van der Waals surface area contributed by atoms with E-state index in [0.29, 0.717) is 12.8 Å². The van der Waals surface area contributed by atoms with E-state index in [2.05, 4.69) is 13.8 Å². The van der Waals surface area contributed by atoms with Gasteiger partial charge < -0.3 is 10.2 Å². The van der Waals surface area contributed by atoms with E-state index < -0.39 is 22.8 Å². The van der Waals surface area contributed by atoms with Crippen LogP contribution in [0.2, 0.25) is 0 Å². The molecule has 26 heavy (non-hydrogen) atoms. The van der Waals surface area contributed by atoms with Gasteiger partial charge in [0.05, 0.1) is 10.8 Å². The maximum atomic E-state index is 12.9. The van der Waals surface area contributed by atoms with Crippen molar-refractivity contribution in [3.63, 3.8) is 0 Å². The number of aliphatic carboxylic acids is 2. The molecule has 2 rings (SSSR count). The van der Waals surface area contributed by atoms with Crippen LogP contribution in [0.3, 0.4) is 0 Å². The van der Waals surface area contributed by atoms with E-state index >= 15 is 0 Å². The molecule has 4 nitrogen and oxygen atoms in total. The monoisotopic (exact) mass is 366 g/mol. The Bertz CT molecular complexity index is 433. The lowest BCUT2D eigenvalue weighted by molar-refractivity contribution is -0.191.